The molecular formula is C15H22N2O3S. The number of hydrogen-bond acceptors (Lipinski definition) is 3. The van der Waals surface area contributed by atoms with Crippen LogP contribution in [-0.4, -0.2) is 34.6 Å². The van der Waals surface area contributed by atoms with E-state index in [2.05, 4.69) is 5.32 Å². The number of aryl methyl sites for hydroxylation is 1. The number of aliphatic carboxylic acids is 1. The van der Waals surface area contributed by atoms with Crippen molar-refractivity contribution in [2.24, 2.45) is 0 Å². The molecule has 1 atom stereocenters. The van der Waals surface area contributed by atoms with Crippen LogP contribution in [0.25, 0.3) is 0 Å². The number of amides is 2. The minimum atomic E-state index is -0.961. The summed E-state index contributed by atoms with van der Waals surface area (Å²) in [7, 11) is 0. The summed E-state index contributed by atoms with van der Waals surface area (Å²) in [6.07, 6.45) is 3.92. The van der Waals surface area contributed by atoms with Gasteiger partial charge in [0.15, 0.2) is 0 Å². The highest BCUT2D eigenvalue weighted by atomic mass is 32.1. The molecule has 1 aliphatic carbocycles. The van der Waals surface area contributed by atoms with Crippen molar-refractivity contribution >= 4 is 23.3 Å². The lowest BCUT2D eigenvalue weighted by Crippen LogP contribution is -2.48. The minimum absolute atomic E-state index is 0.0540. The molecule has 0 saturated heterocycles. The molecule has 0 radical (unpaired) electrons. The second kappa shape index (κ2) is 6.93. The quantitative estimate of drug-likeness (QED) is 0.877. The molecule has 1 saturated carbocycles. The minimum Gasteiger partial charge on any atom is -0.480 e. The Morgan fingerprint density at radius 2 is 2.10 bits per heavy atom. The molecule has 0 aromatic carbocycles. The molecular weight excluding hydrogens is 288 g/mol. The zero-order valence-corrected chi connectivity index (χ0v) is 13.3. The van der Waals surface area contributed by atoms with Gasteiger partial charge in [-0.1, -0.05) is 12.8 Å². The van der Waals surface area contributed by atoms with Gasteiger partial charge in [0.05, 0.1) is 6.04 Å². The van der Waals surface area contributed by atoms with Gasteiger partial charge < -0.3 is 15.3 Å². The highest BCUT2D eigenvalue weighted by Gasteiger charge is 2.29. The third-order valence-electron chi connectivity index (χ3n) is 3.86. The summed E-state index contributed by atoms with van der Waals surface area (Å²) < 4.78 is 0. The molecule has 1 aromatic heterocycles. The monoisotopic (exact) mass is 310 g/mol. The van der Waals surface area contributed by atoms with Crippen LogP contribution in [0.1, 0.15) is 48.4 Å². The average Bonchev–Trinajstić information content (AvgIpc) is 3.06. The van der Waals surface area contributed by atoms with E-state index in [0.29, 0.717) is 0 Å². The van der Waals surface area contributed by atoms with Crippen LogP contribution in [0.4, 0.5) is 4.79 Å². The van der Waals surface area contributed by atoms with Crippen LogP contribution in [-0.2, 0) is 4.79 Å². The molecule has 116 valence electrons. The third kappa shape index (κ3) is 4.20. The molecule has 5 nitrogen and oxygen atoms in total. The van der Waals surface area contributed by atoms with Gasteiger partial charge in [-0.15, -0.1) is 11.3 Å². The second-order valence-electron chi connectivity index (χ2n) is 5.58. The Hall–Kier alpha value is -1.56. The van der Waals surface area contributed by atoms with Gasteiger partial charge in [-0.25, -0.2) is 4.79 Å². The van der Waals surface area contributed by atoms with Crippen LogP contribution >= 0.6 is 11.3 Å². The molecule has 1 aliphatic rings. The number of carbonyl (C=O) groups excluding carboxylic acids is 1. The van der Waals surface area contributed by atoms with E-state index in [9.17, 15) is 9.59 Å². The Bertz CT molecular complexity index is 509. The number of carboxylic acid groups (broad SMARTS) is 1. The molecule has 0 spiro atoms. The summed E-state index contributed by atoms with van der Waals surface area (Å²) in [5, 5.41) is 12.0. The number of hydrogen-bond donors (Lipinski definition) is 2. The number of nitrogens with zero attached hydrogens (tertiary/aromatic N) is 1. The molecule has 1 heterocycles. The molecule has 1 aromatic rings. The smallest absolute Gasteiger partial charge is 0.323 e. The maximum absolute atomic E-state index is 12.4. The number of nitrogens with one attached hydrogen (secondary N) is 1. The summed E-state index contributed by atoms with van der Waals surface area (Å²) in [6.45, 7) is 3.72. The fourth-order valence-corrected chi connectivity index (χ4v) is 3.63. The van der Waals surface area contributed by atoms with Gasteiger partial charge in [0.25, 0.3) is 0 Å². The average molecular weight is 310 g/mol. The van der Waals surface area contributed by atoms with E-state index in [1.54, 1.807) is 11.3 Å². The lowest BCUT2D eigenvalue weighted by Gasteiger charge is -2.28. The summed E-state index contributed by atoms with van der Waals surface area (Å²) >= 11 is 1.65. The number of carboxylic acids is 1. The first-order valence-corrected chi connectivity index (χ1v) is 8.14. The molecule has 6 heteroatoms. The van der Waals surface area contributed by atoms with E-state index in [-0.39, 0.29) is 24.7 Å². The van der Waals surface area contributed by atoms with Gasteiger partial charge in [-0.05, 0) is 38.8 Å². The Morgan fingerprint density at radius 3 is 2.62 bits per heavy atom. The summed E-state index contributed by atoms with van der Waals surface area (Å²) in [6, 6.07) is 3.70. The molecule has 0 aliphatic heterocycles. The Labute approximate surface area is 129 Å². The van der Waals surface area contributed by atoms with E-state index < -0.39 is 5.97 Å². The molecule has 1 fully saturated rings. The first kappa shape index (κ1) is 15.8. The third-order valence-corrected chi connectivity index (χ3v) is 5.04. The van der Waals surface area contributed by atoms with Crippen molar-refractivity contribution in [3.63, 3.8) is 0 Å². The largest absolute Gasteiger partial charge is 0.480 e. The van der Waals surface area contributed by atoms with Crippen LogP contribution in [0.3, 0.4) is 0 Å². The SMILES string of the molecule is Cc1ccc(C(C)NC(=O)N(CC(=O)O)C2CCCC2)s1. The van der Waals surface area contributed by atoms with Gasteiger partial charge in [-0.2, -0.15) is 0 Å². The van der Waals surface area contributed by atoms with Crippen molar-refractivity contribution in [1.82, 2.24) is 10.2 Å². The van der Waals surface area contributed by atoms with Crippen molar-refractivity contribution < 1.29 is 14.7 Å². The van der Waals surface area contributed by atoms with E-state index in [0.717, 1.165) is 30.6 Å². The van der Waals surface area contributed by atoms with E-state index in [1.165, 1.54) is 9.78 Å². The Kier molecular flexibility index (Phi) is 5.22. The van der Waals surface area contributed by atoms with E-state index in [4.69, 9.17) is 5.11 Å². The second-order valence-corrected chi connectivity index (χ2v) is 6.90. The van der Waals surface area contributed by atoms with Crippen LogP contribution in [0.5, 0.6) is 0 Å². The zero-order chi connectivity index (χ0) is 15.4. The van der Waals surface area contributed by atoms with Crippen molar-refractivity contribution in [2.45, 2.75) is 51.6 Å². The lowest BCUT2D eigenvalue weighted by molar-refractivity contribution is -0.138. The Balaban J connectivity index is 2.01. The number of carbonyl (C=O) groups is 2. The highest BCUT2D eigenvalue weighted by molar-refractivity contribution is 7.12. The summed E-state index contributed by atoms with van der Waals surface area (Å²) in [5.74, 6) is -0.961. The Morgan fingerprint density at radius 1 is 1.43 bits per heavy atom. The van der Waals surface area contributed by atoms with Crippen molar-refractivity contribution in [2.75, 3.05) is 6.54 Å². The predicted molar refractivity (Wildman–Crippen MR) is 82.6 cm³/mol. The fraction of sp³-hybridized carbons (Fsp3) is 0.600. The van der Waals surface area contributed by atoms with Gasteiger partial charge in [0.1, 0.15) is 6.54 Å². The van der Waals surface area contributed by atoms with E-state index >= 15 is 0 Å². The van der Waals surface area contributed by atoms with Gasteiger partial charge >= 0.3 is 12.0 Å². The van der Waals surface area contributed by atoms with Gasteiger partial charge in [0.2, 0.25) is 0 Å². The van der Waals surface area contributed by atoms with Crippen LogP contribution in [0, 0.1) is 6.92 Å². The van der Waals surface area contributed by atoms with Crippen molar-refractivity contribution in [3.8, 4) is 0 Å². The van der Waals surface area contributed by atoms with Crippen LogP contribution < -0.4 is 5.32 Å². The fourth-order valence-electron chi connectivity index (χ4n) is 2.75. The van der Waals surface area contributed by atoms with Crippen molar-refractivity contribution in [3.05, 3.63) is 21.9 Å². The lowest BCUT2D eigenvalue weighted by atomic mass is 10.2. The number of thiophene rings is 1. The molecule has 0 bridgehead atoms. The maximum atomic E-state index is 12.4. The number of urea groups is 1. The molecule has 2 N–H and O–H groups in total. The molecule has 21 heavy (non-hydrogen) atoms. The molecule has 2 rings (SSSR count). The van der Waals surface area contributed by atoms with E-state index in [1.807, 2.05) is 26.0 Å². The first-order chi connectivity index (χ1) is 9.97. The van der Waals surface area contributed by atoms with Gasteiger partial charge in [-0.3, -0.25) is 4.79 Å². The number of rotatable bonds is 5. The van der Waals surface area contributed by atoms with Crippen molar-refractivity contribution in [1.29, 1.82) is 0 Å². The predicted octanol–water partition coefficient (Wildman–Crippen LogP) is 3.16. The zero-order valence-electron chi connectivity index (χ0n) is 12.5. The van der Waals surface area contributed by atoms with Crippen LogP contribution in [0.2, 0.25) is 0 Å². The molecule has 1 unspecified atom stereocenters. The maximum Gasteiger partial charge on any atom is 0.323 e. The first-order valence-electron chi connectivity index (χ1n) is 7.32. The summed E-state index contributed by atoms with van der Waals surface area (Å²) in [4.78, 5) is 27.2. The topological polar surface area (TPSA) is 69.6 Å². The normalized spacial score (nSPS) is 16.7. The summed E-state index contributed by atoms with van der Waals surface area (Å²) in [5.41, 5.74) is 0. The standard InChI is InChI=1S/C15H22N2O3S/c1-10-7-8-13(21-10)11(2)16-15(20)17(9-14(18)19)12-5-3-4-6-12/h7-8,11-12H,3-6,9H2,1-2H3,(H,16,20)(H,18,19). The van der Waals surface area contributed by atoms with Crippen LogP contribution in [0.15, 0.2) is 12.1 Å². The molecule has 2 amide bonds. The van der Waals surface area contributed by atoms with Gasteiger partial charge in [0, 0.05) is 15.8 Å². The highest BCUT2D eigenvalue weighted by Crippen LogP contribution is 2.25.